The first-order valence-corrected chi connectivity index (χ1v) is 8.45. The molecule has 4 heteroatoms. The van der Waals surface area contributed by atoms with Gasteiger partial charge >= 0.3 is 0 Å². The van der Waals surface area contributed by atoms with Gasteiger partial charge in [-0.25, -0.2) is 4.98 Å². The standard InChI is InChI=1S/C18H28N2O2/c1-14(2)16-9-18(22-12-16)7-4-8-20(13-18)11-15-5-6-17(21-3)19-10-15/h5-6,10,14,16H,4,7-9,11-13H2,1-3H3. The maximum Gasteiger partial charge on any atom is 0.212 e. The maximum atomic E-state index is 6.28. The van der Waals surface area contributed by atoms with Gasteiger partial charge < -0.3 is 9.47 Å². The molecule has 22 heavy (non-hydrogen) atoms. The van der Waals surface area contributed by atoms with E-state index in [2.05, 4.69) is 29.8 Å². The van der Waals surface area contributed by atoms with Crippen LogP contribution < -0.4 is 4.74 Å². The number of pyridine rings is 1. The number of rotatable bonds is 4. The van der Waals surface area contributed by atoms with Crippen molar-refractivity contribution in [3.8, 4) is 5.88 Å². The van der Waals surface area contributed by atoms with Crippen molar-refractivity contribution >= 4 is 0 Å². The molecule has 2 aliphatic rings. The van der Waals surface area contributed by atoms with Gasteiger partial charge in [-0.3, -0.25) is 4.90 Å². The molecule has 3 rings (SSSR count). The predicted molar refractivity (Wildman–Crippen MR) is 86.9 cm³/mol. The molecule has 0 radical (unpaired) electrons. The van der Waals surface area contributed by atoms with E-state index in [1.807, 2.05) is 12.3 Å². The number of methoxy groups -OCH3 is 1. The highest BCUT2D eigenvalue weighted by molar-refractivity contribution is 5.17. The van der Waals surface area contributed by atoms with E-state index in [1.165, 1.54) is 24.8 Å². The van der Waals surface area contributed by atoms with Gasteiger partial charge in [-0.1, -0.05) is 19.9 Å². The molecule has 2 aliphatic heterocycles. The van der Waals surface area contributed by atoms with Crippen molar-refractivity contribution in [3.05, 3.63) is 23.9 Å². The van der Waals surface area contributed by atoms with Gasteiger partial charge in [0.05, 0.1) is 19.3 Å². The fraction of sp³-hybridized carbons (Fsp3) is 0.722. The second kappa shape index (κ2) is 6.55. The molecular weight excluding hydrogens is 276 g/mol. The first kappa shape index (κ1) is 15.8. The zero-order valence-corrected chi connectivity index (χ0v) is 14.0. The summed E-state index contributed by atoms with van der Waals surface area (Å²) in [6, 6.07) is 4.05. The highest BCUT2D eigenvalue weighted by atomic mass is 16.5. The quantitative estimate of drug-likeness (QED) is 0.856. The van der Waals surface area contributed by atoms with Gasteiger partial charge in [-0.15, -0.1) is 0 Å². The monoisotopic (exact) mass is 304 g/mol. The number of piperidine rings is 1. The lowest BCUT2D eigenvalue weighted by Gasteiger charge is -2.40. The van der Waals surface area contributed by atoms with Crippen LogP contribution >= 0.6 is 0 Å². The van der Waals surface area contributed by atoms with Gasteiger partial charge in [0.2, 0.25) is 5.88 Å². The summed E-state index contributed by atoms with van der Waals surface area (Å²) in [5.74, 6) is 2.13. The summed E-state index contributed by atoms with van der Waals surface area (Å²) in [4.78, 5) is 6.83. The Bertz CT molecular complexity index is 488. The maximum absolute atomic E-state index is 6.28. The predicted octanol–water partition coefficient (Wildman–Crippen LogP) is 3.12. The number of ether oxygens (including phenoxy) is 2. The molecule has 0 aromatic carbocycles. The highest BCUT2D eigenvalue weighted by Crippen LogP contribution is 2.40. The Morgan fingerprint density at radius 1 is 1.45 bits per heavy atom. The molecule has 1 aromatic heterocycles. The Labute approximate surface area is 133 Å². The molecule has 2 unspecified atom stereocenters. The first-order valence-electron chi connectivity index (χ1n) is 8.45. The zero-order valence-electron chi connectivity index (χ0n) is 14.0. The normalized spacial score (nSPS) is 29.4. The first-order chi connectivity index (χ1) is 10.6. The van der Waals surface area contributed by atoms with E-state index in [9.17, 15) is 0 Å². The molecule has 1 spiro atoms. The van der Waals surface area contributed by atoms with Crippen LogP contribution in [0.2, 0.25) is 0 Å². The van der Waals surface area contributed by atoms with Gasteiger partial charge in [0.1, 0.15) is 0 Å². The average Bonchev–Trinajstić information content (AvgIpc) is 2.92. The lowest BCUT2D eigenvalue weighted by atomic mass is 9.83. The summed E-state index contributed by atoms with van der Waals surface area (Å²) in [5.41, 5.74) is 1.35. The van der Waals surface area contributed by atoms with Crippen LogP contribution in [-0.4, -0.2) is 42.3 Å². The molecule has 122 valence electrons. The number of hydrogen-bond acceptors (Lipinski definition) is 4. The second-order valence-corrected chi connectivity index (χ2v) is 7.23. The van der Waals surface area contributed by atoms with E-state index < -0.39 is 0 Å². The van der Waals surface area contributed by atoms with E-state index in [0.29, 0.717) is 5.88 Å². The van der Waals surface area contributed by atoms with Gasteiger partial charge in [-0.2, -0.15) is 0 Å². The molecule has 0 amide bonds. The molecule has 2 fully saturated rings. The number of nitrogens with zero attached hydrogens (tertiary/aromatic N) is 2. The van der Waals surface area contributed by atoms with Crippen LogP contribution in [0.25, 0.3) is 0 Å². The summed E-state index contributed by atoms with van der Waals surface area (Å²) in [6.07, 6.45) is 5.59. The number of hydrogen-bond donors (Lipinski definition) is 0. The molecule has 2 atom stereocenters. The lowest BCUT2D eigenvalue weighted by molar-refractivity contribution is -0.0536. The minimum Gasteiger partial charge on any atom is -0.481 e. The molecular formula is C18H28N2O2. The topological polar surface area (TPSA) is 34.6 Å². The minimum atomic E-state index is 0.104. The molecule has 0 bridgehead atoms. The van der Waals surface area contributed by atoms with E-state index >= 15 is 0 Å². The van der Waals surface area contributed by atoms with Crippen LogP contribution in [0.4, 0.5) is 0 Å². The van der Waals surface area contributed by atoms with Crippen molar-refractivity contribution < 1.29 is 9.47 Å². The average molecular weight is 304 g/mol. The Hall–Kier alpha value is -1.13. The summed E-state index contributed by atoms with van der Waals surface area (Å²) in [7, 11) is 1.65. The van der Waals surface area contributed by atoms with E-state index in [-0.39, 0.29) is 5.60 Å². The molecule has 1 aromatic rings. The van der Waals surface area contributed by atoms with Crippen LogP contribution in [0.1, 0.15) is 38.7 Å². The number of likely N-dealkylation sites (tertiary alicyclic amines) is 1. The van der Waals surface area contributed by atoms with Gasteiger partial charge in [0.15, 0.2) is 0 Å². The summed E-state index contributed by atoms with van der Waals surface area (Å²) in [5, 5.41) is 0. The van der Waals surface area contributed by atoms with Crippen molar-refractivity contribution in [2.24, 2.45) is 11.8 Å². The van der Waals surface area contributed by atoms with E-state index in [0.717, 1.165) is 38.1 Å². The second-order valence-electron chi connectivity index (χ2n) is 7.23. The van der Waals surface area contributed by atoms with E-state index in [4.69, 9.17) is 9.47 Å². The summed E-state index contributed by atoms with van der Waals surface area (Å²) in [6.45, 7) is 8.74. The van der Waals surface area contributed by atoms with E-state index in [1.54, 1.807) is 7.11 Å². The van der Waals surface area contributed by atoms with Crippen molar-refractivity contribution in [2.75, 3.05) is 26.8 Å². The third-order valence-electron chi connectivity index (χ3n) is 5.21. The molecule has 3 heterocycles. The van der Waals surface area contributed by atoms with Crippen LogP contribution in [0.15, 0.2) is 18.3 Å². The van der Waals surface area contributed by atoms with Crippen LogP contribution in [0.5, 0.6) is 5.88 Å². The molecule has 4 nitrogen and oxygen atoms in total. The van der Waals surface area contributed by atoms with Crippen LogP contribution in [-0.2, 0) is 11.3 Å². The Balaban J connectivity index is 1.61. The van der Waals surface area contributed by atoms with Gasteiger partial charge in [0, 0.05) is 25.4 Å². The van der Waals surface area contributed by atoms with Gasteiger partial charge in [-0.05, 0) is 43.2 Å². The Morgan fingerprint density at radius 3 is 2.95 bits per heavy atom. The molecule has 0 aliphatic carbocycles. The molecule has 2 saturated heterocycles. The Morgan fingerprint density at radius 2 is 2.32 bits per heavy atom. The Kier molecular flexibility index (Phi) is 4.69. The van der Waals surface area contributed by atoms with Crippen molar-refractivity contribution in [1.82, 2.24) is 9.88 Å². The molecule has 0 N–H and O–H groups in total. The van der Waals surface area contributed by atoms with Crippen molar-refractivity contribution in [3.63, 3.8) is 0 Å². The number of aromatic nitrogens is 1. The van der Waals surface area contributed by atoms with Crippen molar-refractivity contribution in [2.45, 2.75) is 45.3 Å². The smallest absolute Gasteiger partial charge is 0.212 e. The lowest BCUT2D eigenvalue weighted by Crippen LogP contribution is -2.47. The van der Waals surface area contributed by atoms with Gasteiger partial charge in [0.25, 0.3) is 0 Å². The van der Waals surface area contributed by atoms with Crippen LogP contribution in [0, 0.1) is 11.8 Å². The molecule has 0 saturated carbocycles. The minimum absolute atomic E-state index is 0.104. The third kappa shape index (κ3) is 3.44. The SMILES string of the molecule is COc1ccc(CN2CCCC3(CC(C(C)C)CO3)C2)cn1. The summed E-state index contributed by atoms with van der Waals surface area (Å²) < 4.78 is 11.4. The van der Waals surface area contributed by atoms with Crippen molar-refractivity contribution in [1.29, 1.82) is 0 Å². The zero-order chi connectivity index (χ0) is 15.6. The largest absolute Gasteiger partial charge is 0.481 e. The third-order valence-corrected chi connectivity index (χ3v) is 5.21. The fourth-order valence-corrected chi connectivity index (χ4v) is 3.80. The fourth-order valence-electron chi connectivity index (χ4n) is 3.80. The highest BCUT2D eigenvalue weighted by Gasteiger charge is 2.43. The summed E-state index contributed by atoms with van der Waals surface area (Å²) >= 11 is 0. The van der Waals surface area contributed by atoms with Crippen LogP contribution in [0.3, 0.4) is 0 Å².